The van der Waals surface area contributed by atoms with Crippen LogP contribution in [0.5, 0.6) is 0 Å². The summed E-state index contributed by atoms with van der Waals surface area (Å²) in [5, 5.41) is 12.2. The van der Waals surface area contributed by atoms with Gasteiger partial charge in [-0.2, -0.15) is 5.26 Å². The number of likely N-dealkylation sites (N-methyl/N-ethyl adjacent to an activating group) is 1. The lowest BCUT2D eigenvalue weighted by molar-refractivity contribution is -0.130. The Bertz CT molecular complexity index is 630. The Morgan fingerprint density at radius 2 is 2.15 bits per heavy atom. The summed E-state index contributed by atoms with van der Waals surface area (Å²) < 4.78 is 0. The third-order valence-corrected chi connectivity index (χ3v) is 3.77. The lowest BCUT2D eigenvalue weighted by Crippen LogP contribution is -2.31. The monoisotopic (exact) mass is 285 g/mol. The van der Waals surface area contributed by atoms with Crippen molar-refractivity contribution in [1.29, 1.82) is 5.26 Å². The van der Waals surface area contributed by atoms with Crippen LogP contribution < -0.4 is 0 Å². The largest absolute Gasteiger partial charge is 0.338 e. The van der Waals surface area contributed by atoms with Crippen LogP contribution in [0.3, 0.4) is 0 Å². The Labute approximate surface area is 122 Å². The molecule has 1 aromatic carbocycles. The summed E-state index contributed by atoms with van der Waals surface area (Å²) >= 11 is 1.55. The van der Waals surface area contributed by atoms with Crippen molar-refractivity contribution in [1.82, 2.24) is 9.88 Å². The predicted octanol–water partition coefficient (Wildman–Crippen LogP) is 2.72. The number of rotatable bonds is 4. The standard InChI is InChI=1S/C15H15N3OS/c1-11-17-13(10-20-11)9-18(2)15(19)14(8-16)12-6-4-3-5-7-12/h3-7,10,14H,9H2,1-2H3. The van der Waals surface area contributed by atoms with E-state index in [1.807, 2.05) is 30.5 Å². The van der Waals surface area contributed by atoms with Crippen molar-refractivity contribution >= 4 is 17.2 Å². The number of carbonyl (C=O) groups is 1. The van der Waals surface area contributed by atoms with Crippen molar-refractivity contribution < 1.29 is 4.79 Å². The maximum absolute atomic E-state index is 12.4. The first-order valence-corrected chi connectivity index (χ1v) is 7.10. The number of amides is 1. The maximum atomic E-state index is 12.4. The van der Waals surface area contributed by atoms with Crippen LogP contribution in [0.2, 0.25) is 0 Å². The van der Waals surface area contributed by atoms with E-state index in [0.29, 0.717) is 6.54 Å². The molecule has 2 rings (SSSR count). The van der Waals surface area contributed by atoms with Crippen LogP contribution in [0.4, 0.5) is 0 Å². The number of aryl methyl sites for hydroxylation is 1. The van der Waals surface area contributed by atoms with E-state index < -0.39 is 5.92 Å². The molecule has 102 valence electrons. The third-order valence-electron chi connectivity index (χ3n) is 2.95. The molecular formula is C15H15N3OS. The third kappa shape index (κ3) is 3.22. The Balaban J connectivity index is 2.11. The van der Waals surface area contributed by atoms with Crippen LogP contribution in [-0.2, 0) is 11.3 Å². The summed E-state index contributed by atoms with van der Waals surface area (Å²) in [5.41, 5.74) is 1.58. The second-order valence-electron chi connectivity index (χ2n) is 4.52. The van der Waals surface area contributed by atoms with Crippen molar-refractivity contribution in [2.75, 3.05) is 7.05 Å². The molecule has 1 unspecified atom stereocenters. The number of hydrogen-bond acceptors (Lipinski definition) is 4. The zero-order chi connectivity index (χ0) is 14.5. The van der Waals surface area contributed by atoms with E-state index in [-0.39, 0.29) is 5.91 Å². The van der Waals surface area contributed by atoms with Crippen molar-refractivity contribution in [3.05, 3.63) is 52.0 Å². The molecule has 0 saturated heterocycles. The Hall–Kier alpha value is -2.19. The zero-order valence-electron chi connectivity index (χ0n) is 11.4. The van der Waals surface area contributed by atoms with Crippen molar-refractivity contribution in [2.45, 2.75) is 19.4 Å². The first-order chi connectivity index (χ1) is 9.61. The first kappa shape index (κ1) is 14.2. The fraction of sp³-hybridized carbons (Fsp3) is 0.267. The number of carbonyl (C=O) groups excluding carboxylic acids is 1. The average molecular weight is 285 g/mol. The van der Waals surface area contributed by atoms with Gasteiger partial charge in [0.05, 0.1) is 23.3 Å². The summed E-state index contributed by atoms with van der Waals surface area (Å²) in [4.78, 5) is 18.2. The smallest absolute Gasteiger partial charge is 0.244 e. The average Bonchev–Trinajstić information content (AvgIpc) is 2.86. The van der Waals surface area contributed by atoms with Gasteiger partial charge in [0, 0.05) is 12.4 Å². The van der Waals surface area contributed by atoms with Crippen LogP contribution in [0.15, 0.2) is 35.7 Å². The number of nitriles is 1. The molecule has 0 N–H and O–H groups in total. The highest BCUT2D eigenvalue weighted by Gasteiger charge is 2.23. The van der Waals surface area contributed by atoms with Crippen LogP contribution in [0, 0.1) is 18.3 Å². The summed E-state index contributed by atoms with van der Waals surface area (Å²) in [7, 11) is 1.70. The highest BCUT2D eigenvalue weighted by molar-refractivity contribution is 7.09. The summed E-state index contributed by atoms with van der Waals surface area (Å²) in [6.07, 6.45) is 0. The van der Waals surface area contributed by atoms with Gasteiger partial charge in [0.1, 0.15) is 5.92 Å². The first-order valence-electron chi connectivity index (χ1n) is 6.22. The summed E-state index contributed by atoms with van der Waals surface area (Å²) in [5.74, 6) is -0.967. The van der Waals surface area contributed by atoms with Gasteiger partial charge in [-0.3, -0.25) is 4.79 Å². The molecule has 20 heavy (non-hydrogen) atoms. The van der Waals surface area contributed by atoms with Crippen molar-refractivity contribution in [3.63, 3.8) is 0 Å². The lowest BCUT2D eigenvalue weighted by atomic mass is 9.99. The topological polar surface area (TPSA) is 57.0 Å². The minimum atomic E-state index is -0.763. The maximum Gasteiger partial charge on any atom is 0.244 e. The molecule has 1 atom stereocenters. The van der Waals surface area contributed by atoms with Crippen LogP contribution in [-0.4, -0.2) is 22.8 Å². The van der Waals surface area contributed by atoms with Gasteiger partial charge in [-0.25, -0.2) is 4.98 Å². The van der Waals surface area contributed by atoms with Crippen LogP contribution >= 0.6 is 11.3 Å². The van der Waals surface area contributed by atoms with Crippen molar-refractivity contribution in [3.8, 4) is 6.07 Å². The van der Waals surface area contributed by atoms with E-state index in [9.17, 15) is 10.1 Å². The number of hydrogen-bond donors (Lipinski definition) is 0. The van der Waals surface area contributed by atoms with Crippen LogP contribution in [0.25, 0.3) is 0 Å². The Kier molecular flexibility index (Phi) is 4.49. The van der Waals surface area contributed by atoms with Gasteiger partial charge in [0.15, 0.2) is 0 Å². The fourth-order valence-corrected chi connectivity index (χ4v) is 2.54. The zero-order valence-corrected chi connectivity index (χ0v) is 12.2. The van der Waals surface area contributed by atoms with E-state index in [1.54, 1.807) is 35.4 Å². The molecule has 0 aliphatic heterocycles. The molecule has 1 heterocycles. The SMILES string of the molecule is Cc1nc(CN(C)C(=O)C(C#N)c2ccccc2)cs1. The van der Waals surface area contributed by atoms with Crippen LogP contribution in [0.1, 0.15) is 22.2 Å². The predicted molar refractivity (Wildman–Crippen MR) is 78.1 cm³/mol. The molecule has 0 bridgehead atoms. The quantitative estimate of drug-likeness (QED) is 0.868. The normalized spacial score (nSPS) is 11.7. The number of benzene rings is 1. The molecule has 0 spiro atoms. The summed E-state index contributed by atoms with van der Waals surface area (Å²) in [6, 6.07) is 11.2. The van der Waals surface area contributed by atoms with E-state index in [1.165, 1.54) is 0 Å². The molecule has 0 saturated carbocycles. The number of nitrogens with zero attached hydrogens (tertiary/aromatic N) is 3. The number of thiazole rings is 1. The molecule has 0 aliphatic rings. The van der Waals surface area contributed by atoms with Crippen molar-refractivity contribution in [2.24, 2.45) is 0 Å². The number of aromatic nitrogens is 1. The van der Waals surface area contributed by atoms with Gasteiger partial charge in [-0.05, 0) is 12.5 Å². The van der Waals surface area contributed by atoms with Gasteiger partial charge in [-0.1, -0.05) is 30.3 Å². The molecule has 1 aromatic heterocycles. The van der Waals surface area contributed by atoms with E-state index >= 15 is 0 Å². The second kappa shape index (κ2) is 6.31. The summed E-state index contributed by atoms with van der Waals surface area (Å²) in [6.45, 7) is 2.35. The molecule has 0 aliphatic carbocycles. The van der Waals surface area contributed by atoms with E-state index in [4.69, 9.17) is 0 Å². The molecule has 2 aromatic rings. The molecule has 0 radical (unpaired) electrons. The minimum absolute atomic E-state index is 0.204. The molecular weight excluding hydrogens is 270 g/mol. The Morgan fingerprint density at radius 1 is 1.45 bits per heavy atom. The van der Waals surface area contributed by atoms with E-state index in [0.717, 1.165) is 16.3 Å². The molecule has 0 fully saturated rings. The van der Waals surface area contributed by atoms with E-state index in [2.05, 4.69) is 11.1 Å². The van der Waals surface area contributed by atoms with Gasteiger partial charge in [0.2, 0.25) is 5.91 Å². The Morgan fingerprint density at radius 3 is 2.70 bits per heavy atom. The van der Waals surface area contributed by atoms with Gasteiger partial charge in [-0.15, -0.1) is 11.3 Å². The highest BCUT2D eigenvalue weighted by Crippen LogP contribution is 2.18. The highest BCUT2D eigenvalue weighted by atomic mass is 32.1. The van der Waals surface area contributed by atoms with Gasteiger partial charge in [0.25, 0.3) is 0 Å². The molecule has 4 nitrogen and oxygen atoms in total. The molecule has 1 amide bonds. The fourth-order valence-electron chi connectivity index (χ4n) is 1.94. The minimum Gasteiger partial charge on any atom is -0.338 e. The van der Waals surface area contributed by atoms with Gasteiger partial charge < -0.3 is 4.90 Å². The molecule has 5 heteroatoms. The second-order valence-corrected chi connectivity index (χ2v) is 5.59. The lowest BCUT2D eigenvalue weighted by Gasteiger charge is -2.19. The van der Waals surface area contributed by atoms with Gasteiger partial charge >= 0.3 is 0 Å².